The molecule has 2 aromatic heterocycles. The van der Waals surface area contributed by atoms with Crippen LogP contribution in [-0.2, 0) is 0 Å². The summed E-state index contributed by atoms with van der Waals surface area (Å²) < 4.78 is 0. The highest BCUT2D eigenvalue weighted by Gasteiger charge is 2.14. The Morgan fingerprint density at radius 2 is 1.08 bits per heavy atom. The van der Waals surface area contributed by atoms with Crippen molar-refractivity contribution < 1.29 is 0 Å². The minimum absolute atomic E-state index is 0.522. The van der Waals surface area contributed by atoms with Crippen LogP contribution in [0.1, 0.15) is 50.7 Å². The number of hydrogen-bond donors (Lipinski definition) is 0. The lowest BCUT2D eigenvalue weighted by Crippen LogP contribution is -1.87. The zero-order chi connectivity index (χ0) is 18.3. The normalized spacial score (nSPS) is 11.8. The van der Waals surface area contributed by atoms with Crippen LogP contribution in [0, 0.1) is 0 Å². The molecule has 0 N–H and O–H groups in total. The van der Waals surface area contributed by atoms with Gasteiger partial charge in [0.05, 0.1) is 0 Å². The lowest BCUT2D eigenvalue weighted by atomic mass is 10.0. The summed E-state index contributed by atoms with van der Waals surface area (Å²) in [5, 5.41) is 2.12. The first-order valence-corrected chi connectivity index (χ1v) is 10.6. The van der Waals surface area contributed by atoms with Crippen molar-refractivity contribution in [2.45, 2.75) is 39.5 Å². The van der Waals surface area contributed by atoms with Gasteiger partial charge >= 0.3 is 0 Å². The van der Waals surface area contributed by atoms with Crippen molar-refractivity contribution in [3.8, 4) is 21.1 Å². The molecule has 26 heavy (non-hydrogen) atoms. The molecule has 132 valence electrons. The summed E-state index contributed by atoms with van der Waals surface area (Å²) in [7, 11) is 0. The molecule has 0 radical (unpaired) electrons. The summed E-state index contributed by atoms with van der Waals surface area (Å²) in [5.74, 6) is 1.04. The Kier molecular flexibility index (Phi) is 4.63. The lowest BCUT2D eigenvalue weighted by molar-refractivity contribution is 0.867. The standard InChI is InChI=1S/C22H22N2S2/c1-13(2)15-7-5-9-17(11-15)19-23-21-22(25-19)24-20(26-21)18-10-6-8-16(12-18)14(3)4/h5-14H,1-4H3. The second-order valence-corrected chi connectivity index (χ2v) is 9.16. The van der Waals surface area contributed by atoms with Gasteiger partial charge in [0.1, 0.15) is 10.0 Å². The third-order valence-corrected chi connectivity index (χ3v) is 6.70. The van der Waals surface area contributed by atoms with E-state index in [1.165, 1.54) is 22.3 Å². The van der Waals surface area contributed by atoms with Gasteiger partial charge in [0, 0.05) is 11.1 Å². The monoisotopic (exact) mass is 378 g/mol. The molecule has 2 nitrogen and oxygen atoms in total. The van der Waals surface area contributed by atoms with Gasteiger partial charge in [-0.2, -0.15) is 0 Å². The predicted molar refractivity (Wildman–Crippen MR) is 114 cm³/mol. The summed E-state index contributed by atoms with van der Waals surface area (Å²) in [6, 6.07) is 17.4. The Morgan fingerprint density at radius 1 is 0.654 bits per heavy atom. The molecule has 0 aliphatic carbocycles. The fraction of sp³-hybridized carbons (Fsp3) is 0.273. The number of nitrogens with zero attached hydrogens (tertiary/aromatic N) is 2. The number of rotatable bonds is 4. The number of benzene rings is 2. The molecule has 0 unspecified atom stereocenters. The maximum atomic E-state index is 4.86. The Morgan fingerprint density at radius 3 is 1.46 bits per heavy atom. The van der Waals surface area contributed by atoms with E-state index in [1.54, 1.807) is 22.7 Å². The maximum absolute atomic E-state index is 4.86. The van der Waals surface area contributed by atoms with Crippen LogP contribution in [0.15, 0.2) is 48.5 Å². The van der Waals surface area contributed by atoms with Gasteiger partial charge in [-0.15, -0.1) is 0 Å². The van der Waals surface area contributed by atoms with Crippen LogP contribution in [0.5, 0.6) is 0 Å². The second-order valence-electron chi connectivity index (χ2n) is 7.21. The smallest absolute Gasteiger partial charge is 0.155 e. The summed E-state index contributed by atoms with van der Waals surface area (Å²) in [4.78, 5) is 11.8. The third-order valence-electron chi connectivity index (χ3n) is 4.58. The van der Waals surface area contributed by atoms with Crippen molar-refractivity contribution in [2.24, 2.45) is 0 Å². The van der Waals surface area contributed by atoms with Gasteiger partial charge in [0.15, 0.2) is 9.66 Å². The van der Waals surface area contributed by atoms with Gasteiger partial charge in [-0.3, -0.25) is 0 Å². The van der Waals surface area contributed by atoms with Crippen LogP contribution >= 0.6 is 22.7 Å². The van der Waals surface area contributed by atoms with E-state index in [2.05, 4.69) is 76.2 Å². The average molecular weight is 379 g/mol. The molecule has 0 spiro atoms. The fourth-order valence-corrected chi connectivity index (χ4v) is 4.99. The minimum atomic E-state index is 0.522. The van der Waals surface area contributed by atoms with E-state index in [0.717, 1.165) is 19.7 Å². The SMILES string of the molecule is CC(C)c1cccc(-c2nc3sc(-c4cccc(C(C)C)c4)nc3s2)c1. The Bertz CT molecular complexity index is 944. The van der Waals surface area contributed by atoms with Gasteiger partial charge in [0.25, 0.3) is 0 Å². The van der Waals surface area contributed by atoms with Crippen molar-refractivity contribution in [1.29, 1.82) is 0 Å². The molecule has 0 fully saturated rings. The van der Waals surface area contributed by atoms with Gasteiger partial charge < -0.3 is 0 Å². The zero-order valence-corrected chi connectivity index (χ0v) is 17.1. The molecule has 2 aromatic carbocycles. The van der Waals surface area contributed by atoms with E-state index in [9.17, 15) is 0 Å². The van der Waals surface area contributed by atoms with Crippen molar-refractivity contribution in [3.63, 3.8) is 0 Å². The topological polar surface area (TPSA) is 25.8 Å². The van der Waals surface area contributed by atoms with Crippen LogP contribution in [-0.4, -0.2) is 9.97 Å². The molecule has 0 aliphatic rings. The molecule has 0 bridgehead atoms. The molecule has 4 rings (SSSR count). The van der Waals surface area contributed by atoms with Crippen LogP contribution in [0.2, 0.25) is 0 Å². The van der Waals surface area contributed by atoms with Crippen molar-refractivity contribution in [3.05, 3.63) is 59.7 Å². The number of hydrogen-bond acceptors (Lipinski definition) is 4. The van der Waals surface area contributed by atoms with Gasteiger partial charge in [-0.25, -0.2) is 9.97 Å². The maximum Gasteiger partial charge on any atom is 0.155 e. The molecule has 0 aliphatic heterocycles. The van der Waals surface area contributed by atoms with Crippen LogP contribution in [0.25, 0.3) is 30.8 Å². The summed E-state index contributed by atoms with van der Waals surface area (Å²) in [6.45, 7) is 8.88. The highest BCUT2D eigenvalue weighted by molar-refractivity contribution is 7.29. The average Bonchev–Trinajstić information content (AvgIpc) is 3.21. The Hall–Kier alpha value is -2.04. The first-order chi connectivity index (χ1) is 12.5. The molecule has 0 saturated heterocycles. The van der Waals surface area contributed by atoms with Gasteiger partial charge in [-0.1, -0.05) is 86.8 Å². The van der Waals surface area contributed by atoms with E-state index >= 15 is 0 Å². The summed E-state index contributed by atoms with van der Waals surface area (Å²) in [6.07, 6.45) is 0. The molecule has 4 aromatic rings. The highest BCUT2D eigenvalue weighted by atomic mass is 32.1. The minimum Gasteiger partial charge on any atom is -0.223 e. The van der Waals surface area contributed by atoms with Crippen LogP contribution in [0.3, 0.4) is 0 Å². The quantitative estimate of drug-likeness (QED) is 0.371. The largest absolute Gasteiger partial charge is 0.223 e. The Labute approximate surface area is 162 Å². The van der Waals surface area contributed by atoms with Crippen molar-refractivity contribution >= 4 is 32.3 Å². The van der Waals surface area contributed by atoms with E-state index in [4.69, 9.17) is 9.97 Å². The third kappa shape index (κ3) is 3.31. The van der Waals surface area contributed by atoms with Gasteiger partial charge in [-0.05, 0) is 35.1 Å². The van der Waals surface area contributed by atoms with Crippen molar-refractivity contribution in [1.82, 2.24) is 9.97 Å². The number of thiazole rings is 2. The molecule has 0 saturated carbocycles. The fourth-order valence-electron chi connectivity index (χ4n) is 2.95. The predicted octanol–water partition coefficient (Wildman–Crippen LogP) is 7.33. The molecular weight excluding hydrogens is 356 g/mol. The lowest BCUT2D eigenvalue weighted by Gasteiger charge is -2.06. The molecule has 4 heteroatoms. The highest BCUT2D eigenvalue weighted by Crippen LogP contribution is 2.37. The second kappa shape index (κ2) is 6.93. The van der Waals surface area contributed by atoms with Gasteiger partial charge in [0.2, 0.25) is 0 Å². The Balaban J connectivity index is 1.70. The van der Waals surface area contributed by atoms with E-state index in [1.807, 2.05) is 0 Å². The first kappa shape index (κ1) is 17.4. The summed E-state index contributed by atoms with van der Waals surface area (Å²) >= 11 is 3.37. The van der Waals surface area contributed by atoms with E-state index in [0.29, 0.717) is 11.8 Å². The van der Waals surface area contributed by atoms with Crippen LogP contribution in [0.4, 0.5) is 0 Å². The van der Waals surface area contributed by atoms with E-state index < -0.39 is 0 Å². The zero-order valence-electron chi connectivity index (χ0n) is 15.5. The molecule has 2 heterocycles. The molecule has 0 atom stereocenters. The van der Waals surface area contributed by atoms with Crippen LogP contribution < -0.4 is 0 Å². The van der Waals surface area contributed by atoms with E-state index in [-0.39, 0.29) is 0 Å². The molecular formula is C22H22N2S2. The van der Waals surface area contributed by atoms with Crippen molar-refractivity contribution in [2.75, 3.05) is 0 Å². The number of aromatic nitrogens is 2. The molecule has 0 amide bonds. The summed E-state index contributed by atoms with van der Waals surface area (Å²) in [5.41, 5.74) is 5.07. The number of fused-ring (bicyclic) bond motifs is 1. The first-order valence-electron chi connectivity index (χ1n) is 8.99.